The van der Waals surface area contributed by atoms with Gasteiger partial charge in [0.15, 0.2) is 0 Å². The molecule has 1 aromatic rings. The summed E-state index contributed by atoms with van der Waals surface area (Å²) in [5.74, 6) is 0.509. The van der Waals surface area contributed by atoms with Crippen LogP contribution in [0.2, 0.25) is 0 Å². The van der Waals surface area contributed by atoms with E-state index in [1.54, 1.807) is 4.31 Å². The third-order valence-electron chi connectivity index (χ3n) is 3.76. The fourth-order valence-electron chi connectivity index (χ4n) is 2.56. The first-order valence-corrected chi connectivity index (χ1v) is 9.42. The molecule has 21 heavy (non-hydrogen) atoms. The molecule has 4 nitrogen and oxygen atoms in total. The highest BCUT2D eigenvalue weighted by Crippen LogP contribution is 2.19. The first-order chi connectivity index (χ1) is 9.92. The quantitative estimate of drug-likeness (QED) is 0.778. The summed E-state index contributed by atoms with van der Waals surface area (Å²) >= 11 is 5.72. The molecule has 1 aliphatic rings. The van der Waals surface area contributed by atoms with Crippen molar-refractivity contribution >= 4 is 27.3 Å². The Labute approximate surface area is 132 Å². The summed E-state index contributed by atoms with van der Waals surface area (Å²) in [6.07, 6.45) is 0. The zero-order valence-electron chi connectivity index (χ0n) is 12.6. The van der Waals surface area contributed by atoms with Crippen molar-refractivity contribution in [1.82, 2.24) is 4.31 Å². The second-order valence-electron chi connectivity index (χ2n) is 5.76. The number of hydrogen-bond acceptors (Lipinski definition) is 3. The first kappa shape index (κ1) is 16.6. The Bertz CT molecular complexity index is 569. The molecule has 1 fully saturated rings. The lowest BCUT2D eigenvalue weighted by atomic mass is 10.2. The second-order valence-corrected chi connectivity index (χ2v) is 8.09. The molecule has 2 rings (SSSR count). The molecule has 1 heterocycles. The fraction of sp³-hybridized carbons (Fsp3) is 0.600. The molecule has 1 saturated heterocycles. The van der Waals surface area contributed by atoms with Gasteiger partial charge in [-0.15, -0.1) is 11.6 Å². The lowest BCUT2D eigenvalue weighted by Gasteiger charge is -2.35. The van der Waals surface area contributed by atoms with Crippen molar-refractivity contribution in [2.45, 2.75) is 13.8 Å². The first-order valence-electron chi connectivity index (χ1n) is 7.28. The van der Waals surface area contributed by atoms with Crippen molar-refractivity contribution in [2.75, 3.05) is 42.7 Å². The number of rotatable bonds is 5. The number of alkyl halides is 1. The molecule has 1 unspecified atom stereocenters. The Balaban J connectivity index is 1.97. The third-order valence-corrected chi connectivity index (χ3v) is 6.43. The van der Waals surface area contributed by atoms with Gasteiger partial charge >= 0.3 is 0 Å². The molecule has 0 saturated carbocycles. The molecule has 0 bridgehead atoms. The summed E-state index contributed by atoms with van der Waals surface area (Å²) in [6, 6.07) is 8.32. The summed E-state index contributed by atoms with van der Waals surface area (Å²) in [6.45, 7) is 6.50. The van der Waals surface area contributed by atoms with Crippen molar-refractivity contribution in [3.8, 4) is 0 Å². The zero-order valence-corrected chi connectivity index (χ0v) is 14.2. The van der Waals surface area contributed by atoms with Crippen LogP contribution in [0.25, 0.3) is 0 Å². The van der Waals surface area contributed by atoms with Crippen molar-refractivity contribution in [3.63, 3.8) is 0 Å². The molecule has 0 spiro atoms. The fourth-order valence-corrected chi connectivity index (χ4v) is 4.56. The monoisotopic (exact) mass is 330 g/mol. The van der Waals surface area contributed by atoms with Gasteiger partial charge < -0.3 is 4.90 Å². The highest BCUT2D eigenvalue weighted by Gasteiger charge is 2.28. The number of sulfonamides is 1. The second kappa shape index (κ2) is 6.99. The molecule has 1 aromatic carbocycles. The van der Waals surface area contributed by atoms with Crippen molar-refractivity contribution in [1.29, 1.82) is 0 Å². The van der Waals surface area contributed by atoms with E-state index < -0.39 is 10.0 Å². The Morgan fingerprint density at radius 2 is 1.90 bits per heavy atom. The Morgan fingerprint density at radius 3 is 2.48 bits per heavy atom. The van der Waals surface area contributed by atoms with E-state index in [1.165, 1.54) is 11.3 Å². The molecule has 0 aliphatic carbocycles. The predicted octanol–water partition coefficient (Wildman–Crippen LogP) is 2.32. The van der Waals surface area contributed by atoms with E-state index >= 15 is 0 Å². The molecule has 0 aromatic heterocycles. The summed E-state index contributed by atoms with van der Waals surface area (Å²) in [5, 5.41) is 0. The molecule has 118 valence electrons. The van der Waals surface area contributed by atoms with Crippen molar-refractivity contribution in [2.24, 2.45) is 5.92 Å². The number of halogens is 1. The van der Waals surface area contributed by atoms with Crippen LogP contribution >= 0.6 is 11.6 Å². The molecule has 1 atom stereocenters. The van der Waals surface area contributed by atoms with Gasteiger partial charge in [-0.25, -0.2) is 8.42 Å². The van der Waals surface area contributed by atoms with Gasteiger partial charge in [-0.3, -0.25) is 0 Å². The summed E-state index contributed by atoms with van der Waals surface area (Å²) in [7, 11) is -3.19. The van der Waals surface area contributed by atoms with Gasteiger partial charge in [-0.05, 0) is 30.5 Å². The molecular weight excluding hydrogens is 308 g/mol. The van der Waals surface area contributed by atoms with Gasteiger partial charge in [0.05, 0.1) is 5.75 Å². The van der Waals surface area contributed by atoms with Gasteiger partial charge in [0.1, 0.15) is 0 Å². The predicted molar refractivity (Wildman–Crippen MR) is 88.6 cm³/mol. The van der Waals surface area contributed by atoms with Gasteiger partial charge in [0, 0.05) is 37.7 Å². The molecule has 0 amide bonds. The van der Waals surface area contributed by atoms with Crippen molar-refractivity contribution < 1.29 is 8.42 Å². The van der Waals surface area contributed by atoms with E-state index in [4.69, 9.17) is 11.6 Å². The SMILES string of the molecule is Cc1cccc(N2CCN(S(=O)(=O)CC(C)CCl)CC2)c1. The third kappa shape index (κ3) is 4.34. The lowest BCUT2D eigenvalue weighted by Crippen LogP contribution is -2.49. The standard InChI is InChI=1S/C15H23ClN2O2S/c1-13-4-3-5-15(10-13)17-6-8-18(9-7-17)21(19,20)12-14(2)11-16/h3-5,10,14H,6-9,11-12H2,1-2H3. The number of anilines is 1. The van der Waals surface area contributed by atoms with E-state index in [0.29, 0.717) is 19.0 Å². The van der Waals surface area contributed by atoms with Crippen LogP contribution in [0.15, 0.2) is 24.3 Å². The van der Waals surface area contributed by atoms with Crippen LogP contribution in [0, 0.1) is 12.8 Å². The summed E-state index contributed by atoms with van der Waals surface area (Å²) in [5.41, 5.74) is 2.39. The average Bonchev–Trinajstić information content (AvgIpc) is 2.47. The smallest absolute Gasteiger partial charge is 0.214 e. The van der Waals surface area contributed by atoms with E-state index in [2.05, 4.69) is 30.0 Å². The Kier molecular flexibility index (Phi) is 5.52. The van der Waals surface area contributed by atoms with E-state index in [-0.39, 0.29) is 11.7 Å². The molecule has 0 N–H and O–H groups in total. The van der Waals surface area contributed by atoms with Gasteiger partial charge in [0.25, 0.3) is 0 Å². The zero-order chi connectivity index (χ0) is 15.5. The number of nitrogens with zero attached hydrogens (tertiary/aromatic N) is 2. The minimum absolute atomic E-state index is 0.00790. The average molecular weight is 331 g/mol. The number of benzene rings is 1. The number of piperazine rings is 1. The Morgan fingerprint density at radius 1 is 1.24 bits per heavy atom. The van der Waals surface area contributed by atoms with E-state index in [9.17, 15) is 8.42 Å². The topological polar surface area (TPSA) is 40.6 Å². The number of hydrogen-bond donors (Lipinski definition) is 0. The van der Waals surface area contributed by atoms with Crippen LogP contribution in [0.1, 0.15) is 12.5 Å². The summed E-state index contributed by atoms with van der Waals surface area (Å²) in [4.78, 5) is 2.24. The van der Waals surface area contributed by atoms with Crippen LogP contribution in [-0.4, -0.2) is 50.5 Å². The maximum atomic E-state index is 12.3. The minimum atomic E-state index is -3.19. The molecule has 0 radical (unpaired) electrons. The maximum absolute atomic E-state index is 12.3. The lowest BCUT2D eigenvalue weighted by molar-refractivity contribution is 0.382. The maximum Gasteiger partial charge on any atom is 0.214 e. The van der Waals surface area contributed by atoms with Crippen molar-refractivity contribution in [3.05, 3.63) is 29.8 Å². The van der Waals surface area contributed by atoms with Crippen LogP contribution < -0.4 is 4.90 Å². The Hall–Kier alpha value is -0.780. The van der Waals surface area contributed by atoms with Crippen LogP contribution in [0.5, 0.6) is 0 Å². The highest BCUT2D eigenvalue weighted by atomic mass is 35.5. The van der Waals surface area contributed by atoms with Gasteiger partial charge in [-0.1, -0.05) is 19.1 Å². The van der Waals surface area contributed by atoms with Gasteiger partial charge in [-0.2, -0.15) is 4.31 Å². The van der Waals surface area contributed by atoms with E-state index in [0.717, 1.165) is 13.1 Å². The van der Waals surface area contributed by atoms with Crippen LogP contribution in [-0.2, 0) is 10.0 Å². The largest absolute Gasteiger partial charge is 0.369 e. The van der Waals surface area contributed by atoms with E-state index in [1.807, 2.05) is 13.0 Å². The normalized spacial score (nSPS) is 18.7. The molecular formula is C15H23ClN2O2S. The molecule has 1 aliphatic heterocycles. The van der Waals surface area contributed by atoms with Gasteiger partial charge in [0.2, 0.25) is 10.0 Å². The summed E-state index contributed by atoms with van der Waals surface area (Å²) < 4.78 is 26.2. The molecule has 6 heteroatoms. The highest BCUT2D eigenvalue weighted by molar-refractivity contribution is 7.89. The van der Waals surface area contributed by atoms with Crippen LogP contribution in [0.3, 0.4) is 0 Å². The minimum Gasteiger partial charge on any atom is -0.369 e. The number of aryl methyl sites for hydroxylation is 1. The van der Waals surface area contributed by atoms with Crippen LogP contribution in [0.4, 0.5) is 5.69 Å².